The van der Waals surface area contributed by atoms with Crippen LogP contribution in [0.1, 0.15) is 5.69 Å². The molecule has 0 spiro atoms. The van der Waals surface area contributed by atoms with E-state index in [9.17, 15) is 4.39 Å². The Kier molecular flexibility index (Phi) is 2.90. The lowest BCUT2D eigenvalue weighted by Crippen LogP contribution is -1.96. The second-order valence-electron chi connectivity index (χ2n) is 4.95. The molecule has 4 heterocycles. The Bertz CT molecular complexity index is 1030. The molecule has 0 aliphatic heterocycles. The second-order valence-corrected chi connectivity index (χ2v) is 5.87. The summed E-state index contributed by atoms with van der Waals surface area (Å²) in [7, 11) is 0. The Morgan fingerprint density at radius 2 is 1.95 bits per heavy atom. The molecular formula is C15H9BrFN5. The first-order chi connectivity index (χ1) is 10.6. The van der Waals surface area contributed by atoms with Gasteiger partial charge in [-0.3, -0.25) is 0 Å². The fourth-order valence-corrected chi connectivity index (χ4v) is 2.69. The van der Waals surface area contributed by atoms with Crippen molar-refractivity contribution in [3.05, 3.63) is 52.9 Å². The predicted molar refractivity (Wildman–Crippen MR) is 83.9 cm³/mol. The smallest absolute Gasteiger partial charge is 0.173 e. The Balaban J connectivity index is 1.92. The van der Waals surface area contributed by atoms with Crippen molar-refractivity contribution in [2.24, 2.45) is 0 Å². The number of aryl methyl sites for hydroxylation is 1. The van der Waals surface area contributed by atoms with Gasteiger partial charge in [-0.25, -0.2) is 24.3 Å². The Hall–Kier alpha value is -2.41. The SMILES string of the molecule is Cc1cn2cc(-c3ncc4cc(Br)cnc4n3)cc(F)c2n1. The first-order valence-electron chi connectivity index (χ1n) is 6.54. The highest BCUT2D eigenvalue weighted by Gasteiger charge is 2.11. The molecule has 7 heteroatoms. The third-order valence-corrected chi connectivity index (χ3v) is 3.72. The van der Waals surface area contributed by atoms with Gasteiger partial charge in [0.15, 0.2) is 22.9 Å². The molecule has 0 saturated carbocycles. The highest BCUT2D eigenvalue weighted by Crippen LogP contribution is 2.22. The van der Waals surface area contributed by atoms with Crippen molar-refractivity contribution in [2.75, 3.05) is 0 Å². The lowest BCUT2D eigenvalue weighted by Gasteiger charge is -2.04. The standard InChI is InChI=1S/C15H9BrFN5/c1-8-6-22-7-10(3-12(17)15(22)20-8)14-18-4-9-2-11(16)5-19-13(9)21-14/h2-7H,1H3. The van der Waals surface area contributed by atoms with E-state index in [1.807, 2.05) is 13.0 Å². The summed E-state index contributed by atoms with van der Waals surface area (Å²) in [5.41, 5.74) is 2.19. The van der Waals surface area contributed by atoms with Crippen molar-refractivity contribution in [3.63, 3.8) is 0 Å². The lowest BCUT2D eigenvalue weighted by molar-refractivity contribution is 0.630. The summed E-state index contributed by atoms with van der Waals surface area (Å²) in [4.78, 5) is 17.1. The summed E-state index contributed by atoms with van der Waals surface area (Å²) in [6.45, 7) is 1.82. The number of halogens is 2. The van der Waals surface area contributed by atoms with Crippen LogP contribution in [0.4, 0.5) is 4.39 Å². The zero-order valence-corrected chi connectivity index (χ0v) is 13.0. The molecule has 108 valence electrons. The highest BCUT2D eigenvalue weighted by molar-refractivity contribution is 9.10. The van der Waals surface area contributed by atoms with E-state index in [-0.39, 0.29) is 0 Å². The highest BCUT2D eigenvalue weighted by atomic mass is 79.9. The monoisotopic (exact) mass is 357 g/mol. The van der Waals surface area contributed by atoms with Crippen LogP contribution in [-0.2, 0) is 0 Å². The third-order valence-electron chi connectivity index (χ3n) is 3.28. The van der Waals surface area contributed by atoms with E-state index in [1.54, 1.807) is 29.2 Å². The Morgan fingerprint density at radius 1 is 1.09 bits per heavy atom. The largest absolute Gasteiger partial charge is 0.304 e. The summed E-state index contributed by atoms with van der Waals surface area (Å²) >= 11 is 3.36. The molecule has 0 aromatic carbocycles. The van der Waals surface area contributed by atoms with Crippen LogP contribution in [-0.4, -0.2) is 24.3 Å². The van der Waals surface area contributed by atoms with Crippen LogP contribution in [0, 0.1) is 12.7 Å². The molecule has 0 bridgehead atoms. The number of hydrogen-bond acceptors (Lipinski definition) is 4. The maximum absolute atomic E-state index is 14.2. The first kappa shape index (κ1) is 13.3. The lowest BCUT2D eigenvalue weighted by atomic mass is 10.2. The predicted octanol–water partition coefficient (Wildman–Crippen LogP) is 3.55. The average molecular weight is 358 g/mol. The van der Waals surface area contributed by atoms with Crippen LogP contribution >= 0.6 is 15.9 Å². The van der Waals surface area contributed by atoms with E-state index >= 15 is 0 Å². The zero-order valence-electron chi connectivity index (χ0n) is 11.5. The zero-order chi connectivity index (χ0) is 15.3. The van der Waals surface area contributed by atoms with E-state index in [2.05, 4.69) is 35.9 Å². The van der Waals surface area contributed by atoms with Crippen LogP contribution in [0.25, 0.3) is 28.1 Å². The second kappa shape index (κ2) is 4.81. The molecule has 0 unspecified atom stereocenters. The minimum atomic E-state index is -0.405. The maximum Gasteiger partial charge on any atom is 0.173 e. The maximum atomic E-state index is 14.2. The van der Waals surface area contributed by atoms with Gasteiger partial charge in [0, 0.05) is 40.2 Å². The third kappa shape index (κ3) is 2.14. The van der Waals surface area contributed by atoms with Crippen LogP contribution in [0.5, 0.6) is 0 Å². The van der Waals surface area contributed by atoms with Crippen molar-refractivity contribution in [1.82, 2.24) is 24.3 Å². The van der Waals surface area contributed by atoms with Crippen molar-refractivity contribution >= 4 is 32.6 Å². The molecule has 5 nitrogen and oxygen atoms in total. The van der Waals surface area contributed by atoms with E-state index < -0.39 is 5.82 Å². The molecule has 0 atom stereocenters. The molecule has 4 aromatic heterocycles. The Morgan fingerprint density at radius 3 is 2.82 bits per heavy atom. The number of fused-ring (bicyclic) bond motifs is 2. The number of aromatic nitrogens is 5. The number of imidazole rings is 1. The van der Waals surface area contributed by atoms with Crippen LogP contribution in [0.2, 0.25) is 0 Å². The molecule has 4 aromatic rings. The van der Waals surface area contributed by atoms with Gasteiger partial charge < -0.3 is 4.40 Å². The van der Waals surface area contributed by atoms with Gasteiger partial charge in [-0.2, -0.15) is 0 Å². The van der Waals surface area contributed by atoms with Gasteiger partial charge in [-0.05, 0) is 35.0 Å². The van der Waals surface area contributed by atoms with Gasteiger partial charge in [0.25, 0.3) is 0 Å². The van der Waals surface area contributed by atoms with Gasteiger partial charge in [-0.15, -0.1) is 0 Å². The average Bonchev–Trinajstić information content (AvgIpc) is 2.87. The number of pyridine rings is 2. The molecular weight excluding hydrogens is 349 g/mol. The van der Waals surface area contributed by atoms with E-state index in [4.69, 9.17) is 0 Å². The van der Waals surface area contributed by atoms with Gasteiger partial charge in [0.05, 0.1) is 5.69 Å². The minimum absolute atomic E-state index is 0.295. The topological polar surface area (TPSA) is 56.0 Å². The fourth-order valence-electron chi connectivity index (χ4n) is 2.34. The van der Waals surface area contributed by atoms with Crippen molar-refractivity contribution in [3.8, 4) is 11.4 Å². The van der Waals surface area contributed by atoms with Gasteiger partial charge in [0.1, 0.15) is 0 Å². The summed E-state index contributed by atoms with van der Waals surface area (Å²) in [6.07, 6.45) is 6.87. The van der Waals surface area contributed by atoms with Crippen molar-refractivity contribution in [2.45, 2.75) is 6.92 Å². The molecule has 0 fully saturated rings. The van der Waals surface area contributed by atoms with Crippen molar-refractivity contribution in [1.29, 1.82) is 0 Å². The van der Waals surface area contributed by atoms with E-state index in [1.165, 1.54) is 6.07 Å². The van der Waals surface area contributed by atoms with Crippen LogP contribution < -0.4 is 0 Å². The molecule has 0 radical (unpaired) electrons. The van der Waals surface area contributed by atoms with Gasteiger partial charge >= 0.3 is 0 Å². The van der Waals surface area contributed by atoms with E-state index in [0.717, 1.165) is 15.6 Å². The molecule has 22 heavy (non-hydrogen) atoms. The summed E-state index contributed by atoms with van der Waals surface area (Å²) in [5, 5.41) is 0.818. The minimum Gasteiger partial charge on any atom is -0.304 e. The molecule has 0 amide bonds. The Labute approximate surface area is 133 Å². The summed E-state index contributed by atoms with van der Waals surface area (Å²) in [6, 6.07) is 3.27. The molecule has 0 saturated heterocycles. The number of rotatable bonds is 1. The number of nitrogens with zero attached hydrogens (tertiary/aromatic N) is 5. The molecule has 4 rings (SSSR count). The molecule has 0 aliphatic rings. The first-order valence-corrected chi connectivity index (χ1v) is 7.33. The van der Waals surface area contributed by atoms with E-state index in [0.29, 0.717) is 22.7 Å². The fraction of sp³-hybridized carbons (Fsp3) is 0.0667. The van der Waals surface area contributed by atoms with Crippen LogP contribution in [0.15, 0.2) is 41.4 Å². The number of hydrogen-bond donors (Lipinski definition) is 0. The summed E-state index contributed by atoms with van der Waals surface area (Å²) in [5.74, 6) is 0.0209. The quantitative estimate of drug-likeness (QED) is 0.522. The van der Waals surface area contributed by atoms with Crippen molar-refractivity contribution < 1.29 is 4.39 Å². The molecule has 0 aliphatic carbocycles. The normalized spacial score (nSPS) is 11.4. The van der Waals surface area contributed by atoms with Gasteiger partial charge in [0.2, 0.25) is 0 Å². The van der Waals surface area contributed by atoms with Crippen LogP contribution in [0.3, 0.4) is 0 Å². The summed E-state index contributed by atoms with van der Waals surface area (Å²) < 4.78 is 16.7. The molecule has 0 N–H and O–H groups in total. The van der Waals surface area contributed by atoms with Gasteiger partial charge in [-0.1, -0.05) is 0 Å².